The number of amides is 1. The van der Waals surface area contributed by atoms with Crippen LogP contribution in [0.25, 0.3) is 0 Å². The molecular formula is C20H24N2O3S. The average Bonchev–Trinajstić information content (AvgIpc) is 2.77. The Bertz CT molecular complexity index is 948. The van der Waals surface area contributed by atoms with E-state index in [1.54, 1.807) is 30.1 Å². The van der Waals surface area contributed by atoms with Crippen LogP contribution in [-0.4, -0.2) is 27.9 Å². The molecule has 0 aliphatic carbocycles. The second kappa shape index (κ2) is 6.52. The number of nitrogens with zero attached hydrogens (tertiary/aromatic N) is 1. The first-order valence-corrected chi connectivity index (χ1v) is 10.1. The number of carbonyl (C=O) groups is 1. The van der Waals surface area contributed by atoms with E-state index in [1.807, 2.05) is 45.0 Å². The number of fused-ring (bicyclic) bond motifs is 1. The molecule has 0 fully saturated rings. The molecule has 1 aliphatic rings. The van der Waals surface area contributed by atoms with Gasteiger partial charge < -0.3 is 4.90 Å². The van der Waals surface area contributed by atoms with Crippen LogP contribution in [0.1, 0.15) is 30.5 Å². The zero-order valence-corrected chi connectivity index (χ0v) is 16.4. The Labute approximate surface area is 155 Å². The van der Waals surface area contributed by atoms with Gasteiger partial charge in [-0.05, 0) is 56.5 Å². The monoisotopic (exact) mass is 372 g/mol. The van der Waals surface area contributed by atoms with Gasteiger partial charge in [0.2, 0.25) is 15.9 Å². The summed E-state index contributed by atoms with van der Waals surface area (Å²) in [7, 11) is -1.91. The number of benzene rings is 2. The number of hydrogen-bond donors (Lipinski definition) is 1. The Balaban J connectivity index is 1.77. The van der Waals surface area contributed by atoms with Crippen molar-refractivity contribution in [3.8, 4) is 0 Å². The molecule has 3 rings (SSSR count). The molecule has 0 bridgehead atoms. The summed E-state index contributed by atoms with van der Waals surface area (Å²) >= 11 is 0. The molecule has 1 aliphatic heterocycles. The minimum Gasteiger partial charge on any atom is -0.314 e. The van der Waals surface area contributed by atoms with Crippen LogP contribution in [0.5, 0.6) is 0 Å². The first-order valence-electron chi connectivity index (χ1n) is 8.61. The van der Waals surface area contributed by atoms with Crippen molar-refractivity contribution >= 4 is 21.6 Å². The molecule has 1 amide bonds. The van der Waals surface area contributed by atoms with Crippen molar-refractivity contribution in [3.63, 3.8) is 0 Å². The van der Waals surface area contributed by atoms with Crippen LogP contribution >= 0.6 is 0 Å². The minimum atomic E-state index is -3.63. The molecule has 138 valence electrons. The predicted octanol–water partition coefficient (Wildman–Crippen LogP) is 2.77. The molecule has 0 radical (unpaired) electrons. The highest BCUT2D eigenvalue weighted by Gasteiger charge is 2.42. The van der Waals surface area contributed by atoms with Crippen molar-refractivity contribution in [1.29, 1.82) is 0 Å². The highest BCUT2D eigenvalue weighted by Crippen LogP contribution is 2.41. The van der Waals surface area contributed by atoms with Gasteiger partial charge in [-0.3, -0.25) is 4.79 Å². The first-order chi connectivity index (χ1) is 12.1. The second-order valence-electron chi connectivity index (χ2n) is 7.30. The van der Waals surface area contributed by atoms with Crippen molar-refractivity contribution < 1.29 is 13.2 Å². The summed E-state index contributed by atoms with van der Waals surface area (Å²) in [6.45, 7) is 5.98. The van der Waals surface area contributed by atoms with E-state index >= 15 is 0 Å². The zero-order chi connectivity index (χ0) is 19.1. The number of nitrogens with one attached hydrogen (secondary N) is 1. The number of hydrogen-bond acceptors (Lipinski definition) is 3. The van der Waals surface area contributed by atoms with Gasteiger partial charge in [-0.15, -0.1) is 0 Å². The Morgan fingerprint density at radius 1 is 1.08 bits per heavy atom. The van der Waals surface area contributed by atoms with Gasteiger partial charge in [0, 0.05) is 19.3 Å². The van der Waals surface area contributed by atoms with Crippen LogP contribution in [0.4, 0.5) is 5.69 Å². The second-order valence-corrected chi connectivity index (χ2v) is 9.07. The molecule has 0 unspecified atom stereocenters. The fourth-order valence-electron chi connectivity index (χ4n) is 3.29. The van der Waals surface area contributed by atoms with Gasteiger partial charge in [-0.25, -0.2) is 13.1 Å². The maximum absolute atomic E-state index is 12.6. The Morgan fingerprint density at radius 2 is 1.73 bits per heavy atom. The van der Waals surface area contributed by atoms with Crippen molar-refractivity contribution in [1.82, 2.24) is 4.72 Å². The lowest BCUT2D eigenvalue weighted by Gasteiger charge is -2.16. The van der Waals surface area contributed by atoms with E-state index in [2.05, 4.69) is 4.72 Å². The van der Waals surface area contributed by atoms with E-state index in [0.29, 0.717) is 13.0 Å². The third-order valence-corrected chi connectivity index (χ3v) is 6.44. The standard InChI is InChI=1S/C20H24N2O3S/c1-14-5-7-15(8-6-14)11-12-21-26(24,25)16-9-10-18-17(13-16)20(2,3)19(23)22(18)4/h5-10,13,21H,11-12H2,1-4H3. The minimum absolute atomic E-state index is 0.0330. The van der Waals surface area contributed by atoms with Crippen LogP contribution in [0.3, 0.4) is 0 Å². The van der Waals surface area contributed by atoms with Crippen molar-refractivity contribution in [2.75, 3.05) is 18.5 Å². The van der Waals surface area contributed by atoms with Crippen molar-refractivity contribution in [2.24, 2.45) is 0 Å². The van der Waals surface area contributed by atoms with E-state index in [-0.39, 0.29) is 10.8 Å². The lowest BCUT2D eigenvalue weighted by Crippen LogP contribution is -2.33. The molecule has 0 saturated carbocycles. The Morgan fingerprint density at radius 3 is 2.38 bits per heavy atom. The number of carbonyl (C=O) groups excluding carboxylic acids is 1. The molecule has 6 heteroatoms. The molecule has 0 spiro atoms. The third kappa shape index (κ3) is 3.27. The zero-order valence-electron chi connectivity index (χ0n) is 15.5. The van der Waals surface area contributed by atoms with E-state index in [0.717, 1.165) is 16.8 Å². The number of likely N-dealkylation sites (N-methyl/N-ethyl adjacent to an activating group) is 1. The quantitative estimate of drug-likeness (QED) is 0.878. The Hall–Kier alpha value is -2.18. The number of anilines is 1. The lowest BCUT2D eigenvalue weighted by atomic mass is 9.86. The summed E-state index contributed by atoms with van der Waals surface area (Å²) in [5.41, 5.74) is 3.04. The number of aryl methyl sites for hydroxylation is 1. The van der Waals surface area contributed by atoms with Gasteiger partial charge in [0.25, 0.3) is 0 Å². The highest BCUT2D eigenvalue weighted by atomic mass is 32.2. The average molecular weight is 372 g/mol. The topological polar surface area (TPSA) is 66.5 Å². The summed E-state index contributed by atoms with van der Waals surface area (Å²) in [6.07, 6.45) is 0.622. The largest absolute Gasteiger partial charge is 0.314 e. The van der Waals surface area contributed by atoms with Crippen LogP contribution in [0.15, 0.2) is 47.4 Å². The van der Waals surface area contributed by atoms with Crippen molar-refractivity contribution in [2.45, 2.75) is 37.5 Å². The van der Waals surface area contributed by atoms with Gasteiger partial charge >= 0.3 is 0 Å². The van der Waals surface area contributed by atoms with E-state index in [4.69, 9.17) is 0 Å². The Kier molecular flexibility index (Phi) is 4.67. The molecule has 1 heterocycles. The lowest BCUT2D eigenvalue weighted by molar-refractivity contribution is -0.121. The van der Waals surface area contributed by atoms with Gasteiger partial charge in [0.05, 0.1) is 10.3 Å². The van der Waals surface area contributed by atoms with Crippen LogP contribution in [0.2, 0.25) is 0 Å². The normalized spacial score (nSPS) is 16.0. The molecule has 1 N–H and O–H groups in total. The highest BCUT2D eigenvalue weighted by molar-refractivity contribution is 7.89. The summed E-state index contributed by atoms with van der Waals surface area (Å²) < 4.78 is 27.9. The third-order valence-electron chi connectivity index (χ3n) is 4.98. The van der Waals surface area contributed by atoms with Gasteiger partial charge in [-0.1, -0.05) is 29.8 Å². The fourth-order valence-corrected chi connectivity index (χ4v) is 4.34. The van der Waals surface area contributed by atoms with E-state index in [9.17, 15) is 13.2 Å². The van der Waals surface area contributed by atoms with Crippen LogP contribution < -0.4 is 9.62 Å². The molecule has 0 aromatic heterocycles. The first kappa shape index (κ1) is 18.6. The van der Waals surface area contributed by atoms with Crippen molar-refractivity contribution in [3.05, 3.63) is 59.2 Å². The molecule has 5 nitrogen and oxygen atoms in total. The van der Waals surface area contributed by atoms with E-state index in [1.165, 1.54) is 5.56 Å². The molecule has 0 saturated heterocycles. The molecule has 26 heavy (non-hydrogen) atoms. The summed E-state index contributed by atoms with van der Waals surface area (Å²) in [5, 5.41) is 0. The maximum atomic E-state index is 12.6. The summed E-state index contributed by atoms with van der Waals surface area (Å²) in [5.74, 6) is -0.0330. The van der Waals surface area contributed by atoms with Gasteiger partial charge in [-0.2, -0.15) is 0 Å². The molecule has 0 atom stereocenters. The van der Waals surface area contributed by atoms with Crippen LogP contribution in [-0.2, 0) is 26.7 Å². The summed E-state index contributed by atoms with van der Waals surface area (Å²) in [4.78, 5) is 14.1. The molecule has 2 aromatic carbocycles. The smallest absolute Gasteiger partial charge is 0.240 e. The van der Waals surface area contributed by atoms with E-state index < -0.39 is 15.4 Å². The number of rotatable bonds is 5. The molecular weight excluding hydrogens is 348 g/mol. The van der Waals surface area contributed by atoms with Gasteiger partial charge in [0.15, 0.2) is 0 Å². The molecule has 2 aromatic rings. The maximum Gasteiger partial charge on any atom is 0.240 e. The summed E-state index contributed by atoms with van der Waals surface area (Å²) in [6, 6.07) is 12.9. The SMILES string of the molecule is Cc1ccc(CCNS(=O)(=O)c2ccc3c(c2)C(C)(C)C(=O)N3C)cc1. The van der Waals surface area contributed by atoms with Gasteiger partial charge in [0.1, 0.15) is 0 Å². The fraction of sp³-hybridized carbons (Fsp3) is 0.350. The predicted molar refractivity (Wildman–Crippen MR) is 103 cm³/mol. The number of sulfonamides is 1. The van der Waals surface area contributed by atoms with Crippen LogP contribution in [0, 0.1) is 6.92 Å².